The lowest BCUT2D eigenvalue weighted by molar-refractivity contribution is 0.135. The molecule has 2 aliphatic rings. The first-order valence-corrected chi connectivity index (χ1v) is 10.3. The van der Waals surface area contributed by atoms with Gasteiger partial charge in [-0.1, -0.05) is 23.8 Å². The largest absolute Gasteiger partial charge is 0.454 e. The summed E-state index contributed by atoms with van der Waals surface area (Å²) in [5, 5.41) is 2.88. The number of piperazine rings is 1. The molecule has 0 aromatic heterocycles. The van der Waals surface area contributed by atoms with Gasteiger partial charge in [0.05, 0.1) is 5.56 Å². The summed E-state index contributed by atoms with van der Waals surface area (Å²) in [6, 6.07) is 12.3. The molecule has 0 saturated carbocycles. The Bertz CT molecular complexity index is 1010. The molecule has 2 aromatic carbocycles. The van der Waals surface area contributed by atoms with Gasteiger partial charge in [0.1, 0.15) is 17.3 Å². The van der Waals surface area contributed by atoms with E-state index in [1.807, 2.05) is 30.0 Å². The number of nitrogens with one attached hydrogen (secondary N) is 1. The van der Waals surface area contributed by atoms with Gasteiger partial charge in [-0.15, -0.1) is 6.58 Å². The maximum absolute atomic E-state index is 12.4. The Kier molecular flexibility index (Phi) is 5.48. The van der Waals surface area contributed by atoms with Crippen molar-refractivity contribution in [2.24, 2.45) is 4.99 Å². The predicted octanol–water partition coefficient (Wildman–Crippen LogP) is 4.39. The highest BCUT2D eigenvalue weighted by Gasteiger charge is 2.31. The van der Waals surface area contributed by atoms with Crippen molar-refractivity contribution in [2.45, 2.75) is 26.8 Å². The molecule has 2 heterocycles. The number of ether oxygens (including phenoxy) is 1. The average molecular weight is 405 g/mol. The van der Waals surface area contributed by atoms with Gasteiger partial charge in [0.2, 0.25) is 0 Å². The van der Waals surface area contributed by atoms with Crippen LogP contribution in [-0.2, 0) is 0 Å². The Balaban J connectivity index is 1.67. The van der Waals surface area contributed by atoms with E-state index in [-0.39, 0.29) is 12.1 Å². The van der Waals surface area contributed by atoms with Crippen LogP contribution in [0.4, 0.5) is 10.5 Å². The van der Waals surface area contributed by atoms with E-state index in [2.05, 4.69) is 48.8 Å². The number of rotatable bonds is 2. The van der Waals surface area contributed by atoms with Gasteiger partial charge in [0.15, 0.2) is 5.75 Å². The van der Waals surface area contributed by atoms with Gasteiger partial charge in [-0.05, 0) is 50.6 Å². The average Bonchev–Trinajstić information content (AvgIpc) is 2.88. The zero-order valence-electron chi connectivity index (χ0n) is 17.8. The zero-order chi connectivity index (χ0) is 21.3. The van der Waals surface area contributed by atoms with E-state index in [1.54, 1.807) is 6.08 Å². The molecule has 2 amide bonds. The van der Waals surface area contributed by atoms with Crippen molar-refractivity contribution < 1.29 is 9.53 Å². The molecule has 6 nitrogen and oxygen atoms in total. The molecule has 0 spiro atoms. The van der Waals surface area contributed by atoms with Gasteiger partial charge in [-0.2, -0.15) is 0 Å². The molecule has 0 bridgehead atoms. The van der Waals surface area contributed by atoms with Gasteiger partial charge in [-0.3, -0.25) is 0 Å². The number of carbonyl (C=O) groups excluding carboxylic acids is 1. The Hall–Kier alpha value is -3.28. The number of nitrogens with zero attached hydrogens (tertiary/aromatic N) is 3. The van der Waals surface area contributed by atoms with Crippen LogP contribution in [0.2, 0.25) is 0 Å². The van der Waals surface area contributed by atoms with Crippen molar-refractivity contribution in [2.75, 3.05) is 26.2 Å². The summed E-state index contributed by atoms with van der Waals surface area (Å²) in [5.41, 5.74) is 4.10. The molecule has 2 aromatic rings. The number of aryl methyl sites for hydroxylation is 2. The zero-order valence-corrected chi connectivity index (χ0v) is 17.8. The van der Waals surface area contributed by atoms with E-state index in [4.69, 9.17) is 9.73 Å². The Labute approximate surface area is 177 Å². The van der Waals surface area contributed by atoms with Gasteiger partial charge in [0.25, 0.3) is 0 Å². The number of urea groups is 1. The van der Waals surface area contributed by atoms with Crippen molar-refractivity contribution in [3.63, 3.8) is 0 Å². The lowest BCUT2D eigenvalue weighted by Gasteiger charge is -2.41. The van der Waals surface area contributed by atoms with E-state index in [9.17, 15) is 4.79 Å². The third-order valence-electron chi connectivity index (χ3n) is 5.52. The van der Waals surface area contributed by atoms with Gasteiger partial charge >= 0.3 is 6.03 Å². The van der Waals surface area contributed by atoms with E-state index < -0.39 is 0 Å². The number of hydrogen-bond acceptors (Lipinski definition) is 4. The van der Waals surface area contributed by atoms with E-state index in [0.29, 0.717) is 26.2 Å². The molecule has 2 aliphatic heterocycles. The van der Waals surface area contributed by atoms with Gasteiger partial charge in [0, 0.05) is 32.2 Å². The van der Waals surface area contributed by atoms with Crippen LogP contribution in [0.1, 0.15) is 23.6 Å². The molecule has 156 valence electrons. The van der Waals surface area contributed by atoms with Crippen LogP contribution in [0.25, 0.3) is 0 Å². The minimum atomic E-state index is -0.0507. The number of amidine groups is 1. The number of hydrogen-bond donors (Lipinski definition) is 1. The smallest absolute Gasteiger partial charge is 0.318 e. The first-order valence-electron chi connectivity index (χ1n) is 10.3. The molecular formula is C24H28N4O2. The summed E-state index contributed by atoms with van der Waals surface area (Å²) in [6.45, 7) is 12.4. The summed E-state index contributed by atoms with van der Waals surface area (Å²) in [4.78, 5) is 21.6. The number of carbonyl (C=O) groups is 1. The number of fused-ring (bicyclic) bond motifs is 2. The minimum absolute atomic E-state index is 0.0507. The van der Waals surface area contributed by atoms with Crippen molar-refractivity contribution in [3.05, 3.63) is 65.7 Å². The maximum atomic E-state index is 12.4. The topological polar surface area (TPSA) is 57.2 Å². The van der Waals surface area contributed by atoms with Gasteiger partial charge < -0.3 is 19.9 Å². The Morgan fingerprint density at radius 3 is 2.73 bits per heavy atom. The molecule has 0 radical (unpaired) electrons. The van der Waals surface area contributed by atoms with E-state index in [0.717, 1.165) is 39.7 Å². The first kappa shape index (κ1) is 20.0. The highest BCUT2D eigenvalue weighted by molar-refractivity contribution is 6.04. The summed E-state index contributed by atoms with van der Waals surface area (Å²) < 4.78 is 6.26. The monoisotopic (exact) mass is 404 g/mol. The molecule has 4 rings (SSSR count). The van der Waals surface area contributed by atoms with Crippen LogP contribution in [0.3, 0.4) is 0 Å². The molecule has 6 heteroatoms. The normalized spacial score (nSPS) is 17.8. The molecular weight excluding hydrogens is 376 g/mol. The fraction of sp³-hybridized carbons (Fsp3) is 0.333. The van der Waals surface area contributed by atoms with E-state index in [1.165, 1.54) is 0 Å². The highest BCUT2D eigenvalue weighted by Crippen LogP contribution is 2.39. The van der Waals surface area contributed by atoms with Crippen molar-refractivity contribution >= 4 is 17.6 Å². The standard InChI is InChI=1S/C24H28N4O2/c1-5-10-25-24(29)28-12-11-27(15-18(28)4)23-19-13-16(2)7-9-21(19)30-22-14-17(3)6-8-20(22)26-23/h5-9,13-14,18H,1,10-12,15H2,2-4H3,(H,25,29). The quantitative estimate of drug-likeness (QED) is 0.756. The number of amides is 2. The molecule has 30 heavy (non-hydrogen) atoms. The molecule has 0 aliphatic carbocycles. The first-order chi connectivity index (χ1) is 14.5. The number of aliphatic imine (C=N–C) groups is 1. The second kappa shape index (κ2) is 8.22. The summed E-state index contributed by atoms with van der Waals surface area (Å²) in [7, 11) is 0. The molecule has 1 unspecified atom stereocenters. The number of benzene rings is 2. The molecule has 1 fully saturated rings. The maximum Gasteiger partial charge on any atom is 0.318 e. The predicted molar refractivity (Wildman–Crippen MR) is 120 cm³/mol. The summed E-state index contributed by atoms with van der Waals surface area (Å²) in [5.74, 6) is 2.47. The molecule has 1 atom stereocenters. The molecule has 1 saturated heterocycles. The highest BCUT2D eigenvalue weighted by atomic mass is 16.5. The van der Waals surface area contributed by atoms with Crippen LogP contribution in [-0.4, -0.2) is 53.9 Å². The summed E-state index contributed by atoms with van der Waals surface area (Å²) >= 11 is 0. The second-order valence-electron chi connectivity index (χ2n) is 7.97. The Morgan fingerprint density at radius 2 is 1.97 bits per heavy atom. The van der Waals surface area contributed by atoms with Gasteiger partial charge in [-0.25, -0.2) is 9.79 Å². The third kappa shape index (κ3) is 3.90. The fourth-order valence-electron chi connectivity index (χ4n) is 3.95. The lowest BCUT2D eigenvalue weighted by atomic mass is 10.1. The third-order valence-corrected chi connectivity index (χ3v) is 5.52. The second-order valence-corrected chi connectivity index (χ2v) is 7.97. The molecule has 1 N–H and O–H groups in total. The summed E-state index contributed by atoms with van der Waals surface area (Å²) in [6.07, 6.45) is 1.69. The van der Waals surface area contributed by atoms with Crippen molar-refractivity contribution in [1.29, 1.82) is 0 Å². The van der Waals surface area contributed by atoms with Crippen LogP contribution in [0.5, 0.6) is 11.5 Å². The van der Waals surface area contributed by atoms with Crippen LogP contribution in [0, 0.1) is 13.8 Å². The van der Waals surface area contributed by atoms with E-state index >= 15 is 0 Å². The van der Waals surface area contributed by atoms with Crippen LogP contribution in [0.15, 0.2) is 54.0 Å². The Morgan fingerprint density at radius 1 is 1.20 bits per heavy atom. The lowest BCUT2D eigenvalue weighted by Crippen LogP contribution is -2.57. The van der Waals surface area contributed by atoms with Crippen LogP contribution < -0.4 is 10.1 Å². The fourth-order valence-corrected chi connectivity index (χ4v) is 3.95. The minimum Gasteiger partial charge on any atom is -0.454 e. The SMILES string of the molecule is C=CCNC(=O)N1CCN(C2=Nc3ccc(C)cc3Oc3ccc(C)cc32)CC1C. The van der Waals surface area contributed by atoms with Crippen molar-refractivity contribution in [3.8, 4) is 11.5 Å². The van der Waals surface area contributed by atoms with Crippen molar-refractivity contribution in [1.82, 2.24) is 15.1 Å². The van der Waals surface area contributed by atoms with Crippen LogP contribution >= 0.6 is 0 Å².